The van der Waals surface area contributed by atoms with Crippen molar-refractivity contribution in [3.05, 3.63) is 111 Å². The fourth-order valence-electron chi connectivity index (χ4n) is 7.25. The molecule has 0 aliphatic heterocycles. The fourth-order valence-corrected chi connectivity index (χ4v) is 9.04. The van der Waals surface area contributed by atoms with E-state index < -0.39 is 8.32 Å². The van der Waals surface area contributed by atoms with E-state index in [1.165, 1.54) is 0 Å². The highest BCUT2D eigenvalue weighted by atomic mass is 28.4. The molecule has 270 valence electrons. The molecule has 51 heavy (non-hydrogen) atoms. The van der Waals surface area contributed by atoms with E-state index in [-0.39, 0.29) is 22.3 Å². The zero-order valence-corrected chi connectivity index (χ0v) is 33.3. The third-order valence-corrected chi connectivity index (χ3v) is 15.9. The minimum absolute atomic E-state index is 0.0151. The Morgan fingerprint density at radius 1 is 0.902 bits per heavy atom. The van der Waals surface area contributed by atoms with Crippen LogP contribution in [-0.2, 0) is 23.7 Å². The Balaban J connectivity index is 1.31. The van der Waals surface area contributed by atoms with E-state index in [0.29, 0.717) is 24.3 Å². The maximum Gasteiger partial charge on any atom is 0.261 e. The van der Waals surface area contributed by atoms with Crippen LogP contribution in [-0.4, -0.2) is 29.6 Å². The SMILES string of the molecule is CCCc1nc(CC)n(-c2ccc(OC3CCC(C(C)(C)O[Si](C)(C)C(C)(C)C)CC3)cc2)c(=O)c1Cc1ccc(-c2ccccc2C#N)cc1. The smallest absolute Gasteiger partial charge is 0.261 e. The lowest BCUT2D eigenvalue weighted by Gasteiger charge is -2.47. The van der Waals surface area contributed by atoms with E-state index in [1.807, 2.05) is 60.7 Å². The fraction of sp³-hybridized carbons (Fsp3) is 0.477. The predicted molar refractivity (Wildman–Crippen MR) is 211 cm³/mol. The summed E-state index contributed by atoms with van der Waals surface area (Å²) < 4.78 is 15.2. The van der Waals surface area contributed by atoms with Crippen LogP contribution in [0.1, 0.15) is 109 Å². The van der Waals surface area contributed by atoms with Crippen molar-refractivity contribution in [2.24, 2.45) is 5.92 Å². The zero-order chi connectivity index (χ0) is 37.0. The highest BCUT2D eigenvalue weighted by Crippen LogP contribution is 2.44. The standard InChI is InChI=1S/C44H57N3O3Si/c1-10-14-40-39(29-31-17-19-32(20-18-31)38-16-13-12-15-33(38)30-45)42(48)47(41(11-2)46-40)35-23-27-37(28-24-35)49-36-25-21-34(22-26-36)44(6,7)50-51(8,9)43(3,4)5/h12-13,15-20,23-24,27-28,34,36H,10-11,14,21-22,25-26,29H2,1-9H3. The van der Waals surface area contributed by atoms with Gasteiger partial charge in [-0.15, -0.1) is 0 Å². The van der Waals surface area contributed by atoms with Crippen molar-refractivity contribution in [1.29, 1.82) is 5.26 Å². The lowest BCUT2D eigenvalue weighted by atomic mass is 9.78. The number of benzene rings is 3. The molecule has 0 atom stereocenters. The minimum Gasteiger partial charge on any atom is -0.490 e. The molecule has 1 fully saturated rings. The quantitative estimate of drug-likeness (QED) is 0.137. The first kappa shape index (κ1) is 38.2. The number of ether oxygens (including phenoxy) is 1. The molecule has 4 aromatic rings. The van der Waals surface area contributed by atoms with E-state index in [4.69, 9.17) is 14.1 Å². The number of hydrogen-bond acceptors (Lipinski definition) is 5. The van der Waals surface area contributed by atoms with Crippen molar-refractivity contribution < 1.29 is 9.16 Å². The van der Waals surface area contributed by atoms with Crippen LogP contribution in [0.4, 0.5) is 0 Å². The summed E-state index contributed by atoms with van der Waals surface area (Å²) in [6.07, 6.45) is 7.17. The van der Waals surface area contributed by atoms with Gasteiger partial charge in [0.1, 0.15) is 11.6 Å². The summed E-state index contributed by atoms with van der Waals surface area (Å²) in [6, 6.07) is 26.1. The molecule has 1 heterocycles. The highest BCUT2D eigenvalue weighted by molar-refractivity contribution is 6.74. The summed E-state index contributed by atoms with van der Waals surface area (Å²) in [5.74, 6) is 2.12. The van der Waals surface area contributed by atoms with Crippen LogP contribution in [0.2, 0.25) is 18.1 Å². The molecule has 6 nitrogen and oxygen atoms in total. The lowest BCUT2D eigenvalue weighted by molar-refractivity contribution is -0.00501. The summed E-state index contributed by atoms with van der Waals surface area (Å²) in [6.45, 7) is 20.4. The molecule has 1 saturated carbocycles. The van der Waals surface area contributed by atoms with E-state index in [9.17, 15) is 10.1 Å². The Kier molecular flexibility index (Phi) is 11.8. The number of nitrogens with zero attached hydrogens (tertiary/aromatic N) is 3. The molecule has 0 saturated heterocycles. The van der Waals surface area contributed by atoms with Crippen LogP contribution in [0.15, 0.2) is 77.6 Å². The van der Waals surface area contributed by atoms with Gasteiger partial charge in [-0.25, -0.2) is 4.98 Å². The Bertz CT molecular complexity index is 1890. The van der Waals surface area contributed by atoms with Crippen LogP contribution in [0.3, 0.4) is 0 Å². The number of nitriles is 1. The van der Waals surface area contributed by atoms with Crippen molar-refractivity contribution in [3.63, 3.8) is 0 Å². The van der Waals surface area contributed by atoms with Gasteiger partial charge in [0.2, 0.25) is 0 Å². The maximum atomic E-state index is 14.3. The molecule has 0 N–H and O–H groups in total. The monoisotopic (exact) mass is 703 g/mol. The summed E-state index contributed by atoms with van der Waals surface area (Å²) in [5.41, 5.74) is 5.83. The Morgan fingerprint density at radius 2 is 1.55 bits per heavy atom. The van der Waals surface area contributed by atoms with Crippen LogP contribution in [0, 0.1) is 17.2 Å². The highest BCUT2D eigenvalue weighted by Gasteiger charge is 2.44. The van der Waals surface area contributed by atoms with Gasteiger partial charge in [0, 0.05) is 18.4 Å². The first-order chi connectivity index (χ1) is 24.2. The number of aromatic nitrogens is 2. The van der Waals surface area contributed by atoms with Gasteiger partial charge in [0.15, 0.2) is 8.32 Å². The van der Waals surface area contributed by atoms with E-state index >= 15 is 0 Å². The van der Waals surface area contributed by atoms with Crippen LogP contribution in [0.25, 0.3) is 16.8 Å². The van der Waals surface area contributed by atoms with E-state index in [1.54, 1.807) is 4.57 Å². The zero-order valence-electron chi connectivity index (χ0n) is 32.3. The molecule has 0 bridgehead atoms. The summed E-state index contributed by atoms with van der Waals surface area (Å²) >= 11 is 0. The van der Waals surface area contributed by atoms with Gasteiger partial charge in [0.05, 0.1) is 34.7 Å². The Hall–Kier alpha value is -3.99. The second-order valence-corrected chi connectivity index (χ2v) is 21.0. The molecule has 3 aromatic carbocycles. The number of hydrogen-bond donors (Lipinski definition) is 0. The van der Waals surface area contributed by atoms with Crippen molar-refractivity contribution in [2.45, 2.75) is 130 Å². The molecule has 5 rings (SSSR count). The third-order valence-electron chi connectivity index (χ3n) is 11.2. The van der Waals surface area contributed by atoms with Gasteiger partial charge in [-0.05, 0) is 117 Å². The largest absolute Gasteiger partial charge is 0.490 e. The van der Waals surface area contributed by atoms with Gasteiger partial charge in [0.25, 0.3) is 5.56 Å². The van der Waals surface area contributed by atoms with Crippen molar-refractivity contribution in [3.8, 4) is 28.6 Å². The second kappa shape index (κ2) is 15.7. The summed E-state index contributed by atoms with van der Waals surface area (Å²) in [4.78, 5) is 19.4. The molecule has 1 aromatic heterocycles. The van der Waals surface area contributed by atoms with Gasteiger partial charge in [-0.3, -0.25) is 9.36 Å². The molecular formula is C44H57N3O3Si. The second-order valence-electron chi connectivity index (χ2n) is 16.3. The average Bonchev–Trinajstić information content (AvgIpc) is 3.10. The molecule has 0 radical (unpaired) electrons. The van der Waals surface area contributed by atoms with E-state index in [2.05, 4.69) is 79.8 Å². The molecule has 0 unspecified atom stereocenters. The van der Waals surface area contributed by atoms with Crippen molar-refractivity contribution >= 4 is 8.32 Å². The normalized spacial score (nSPS) is 16.9. The predicted octanol–water partition coefficient (Wildman–Crippen LogP) is 10.6. The molecule has 1 aliphatic carbocycles. The van der Waals surface area contributed by atoms with Gasteiger partial charge in [-0.2, -0.15) is 5.26 Å². The van der Waals surface area contributed by atoms with Gasteiger partial charge >= 0.3 is 0 Å². The first-order valence-electron chi connectivity index (χ1n) is 18.9. The Morgan fingerprint density at radius 3 is 2.14 bits per heavy atom. The first-order valence-corrected chi connectivity index (χ1v) is 21.8. The summed E-state index contributed by atoms with van der Waals surface area (Å²) in [5, 5.41) is 9.76. The molecule has 7 heteroatoms. The van der Waals surface area contributed by atoms with Crippen LogP contribution < -0.4 is 10.3 Å². The topological polar surface area (TPSA) is 77.1 Å². The number of rotatable bonds is 12. The average molecular weight is 704 g/mol. The maximum absolute atomic E-state index is 14.3. The third kappa shape index (κ3) is 8.73. The van der Waals surface area contributed by atoms with Gasteiger partial charge in [-0.1, -0.05) is 83.5 Å². The van der Waals surface area contributed by atoms with Crippen LogP contribution in [0.5, 0.6) is 5.75 Å². The minimum atomic E-state index is -1.86. The number of aryl methyl sites for hydroxylation is 2. The van der Waals surface area contributed by atoms with Crippen LogP contribution >= 0.6 is 0 Å². The lowest BCUT2D eigenvalue weighted by Crippen LogP contribution is -2.51. The molecule has 0 spiro atoms. The molecular weight excluding hydrogens is 647 g/mol. The van der Waals surface area contributed by atoms with Crippen molar-refractivity contribution in [1.82, 2.24) is 9.55 Å². The van der Waals surface area contributed by atoms with Gasteiger partial charge < -0.3 is 9.16 Å². The van der Waals surface area contributed by atoms with Crippen molar-refractivity contribution in [2.75, 3.05) is 0 Å². The molecule has 0 amide bonds. The molecule has 1 aliphatic rings. The van der Waals surface area contributed by atoms with E-state index in [0.717, 1.165) is 83.7 Å². The Labute approximate surface area is 307 Å². The summed E-state index contributed by atoms with van der Waals surface area (Å²) in [7, 11) is -1.86.